The number of nitrogens with zero attached hydrogens (tertiary/aromatic N) is 3. The van der Waals surface area contributed by atoms with Crippen molar-refractivity contribution < 1.29 is 0 Å². The first-order valence-corrected chi connectivity index (χ1v) is 21.5. The Bertz CT molecular complexity index is 3200. The van der Waals surface area contributed by atoms with E-state index in [9.17, 15) is 0 Å². The van der Waals surface area contributed by atoms with Crippen molar-refractivity contribution in [2.75, 3.05) is 0 Å². The van der Waals surface area contributed by atoms with Crippen LogP contribution in [0.15, 0.2) is 176 Å². The van der Waals surface area contributed by atoms with Crippen LogP contribution in [0.25, 0.3) is 97.4 Å². The summed E-state index contributed by atoms with van der Waals surface area (Å²) in [5.74, 6) is 0. The molecule has 0 aliphatic heterocycles. The molecule has 2 aromatic heterocycles. The van der Waals surface area contributed by atoms with Crippen LogP contribution >= 0.6 is 0 Å². The fourth-order valence-corrected chi connectivity index (χ4v) is 11.6. The van der Waals surface area contributed by atoms with Crippen molar-refractivity contribution in [3.63, 3.8) is 0 Å². The molecule has 58 heavy (non-hydrogen) atoms. The van der Waals surface area contributed by atoms with E-state index in [0.29, 0.717) is 0 Å². The van der Waals surface area contributed by atoms with Gasteiger partial charge in [-0.15, -0.1) is 0 Å². The second kappa shape index (κ2) is 14.0. The molecule has 0 bridgehead atoms. The predicted octanol–water partition coefficient (Wildman–Crippen LogP) is 13.4. The molecule has 8 aromatic carbocycles. The third kappa shape index (κ3) is 5.52. The van der Waals surface area contributed by atoms with Crippen molar-refractivity contribution in [2.24, 2.45) is 0 Å². The summed E-state index contributed by atoms with van der Waals surface area (Å²) in [6, 6.07) is 63.8. The summed E-state index contributed by atoms with van der Waals surface area (Å²) in [5.41, 5.74) is 20.6. The molecule has 0 unspecified atom stereocenters. The van der Waals surface area contributed by atoms with Crippen LogP contribution in [0.5, 0.6) is 0 Å². The van der Waals surface area contributed by atoms with Gasteiger partial charge in [-0.2, -0.15) is 0 Å². The van der Waals surface area contributed by atoms with Crippen LogP contribution in [0, 0.1) is 13.8 Å². The second-order valence-corrected chi connectivity index (χ2v) is 17.5. The summed E-state index contributed by atoms with van der Waals surface area (Å²) in [6.07, 6.45) is 0.834. The van der Waals surface area contributed by atoms with Crippen molar-refractivity contribution in [3.05, 3.63) is 198 Å². The molecule has 0 spiro atoms. The first-order chi connectivity index (χ1) is 28.6. The summed E-state index contributed by atoms with van der Waals surface area (Å²) in [4.78, 5) is 0. The molecule has 10 aromatic rings. The topological polar surface area (TPSA) is 38.7 Å². The third-order valence-corrected chi connectivity index (χ3v) is 14.3. The monoisotopic (exact) mass is 807 g/mol. The zero-order valence-electron chi connectivity index (χ0n) is 32.2. The quantitative estimate of drug-likeness (QED) is 0.157. The number of aryl methyl sites for hydroxylation is 1. The van der Waals surface area contributed by atoms with E-state index in [1.165, 1.54) is 63.8 Å². The summed E-state index contributed by atoms with van der Waals surface area (Å²) < 4.78 is 2.79. The van der Waals surface area contributed by atoms with Crippen molar-refractivity contribution >= 4 is 33.8 Å². The van der Waals surface area contributed by atoms with E-state index in [1.807, 2.05) is 0 Å². The maximum absolute atomic E-state index is 5.26. The van der Waals surface area contributed by atoms with E-state index < -0.39 is 0 Å². The first-order valence-electron chi connectivity index (χ1n) is 19.8. The van der Waals surface area contributed by atoms with E-state index in [1.54, 1.807) is 0 Å². The first kappa shape index (κ1) is 34.5. The third-order valence-electron chi connectivity index (χ3n) is 12.0. The predicted molar refractivity (Wildman–Crippen MR) is 242 cm³/mol. The molecule has 0 fully saturated rings. The van der Waals surface area contributed by atoms with E-state index in [4.69, 9.17) is 15.4 Å². The van der Waals surface area contributed by atoms with E-state index >= 15 is 0 Å². The number of aromatic nitrogens is 3. The maximum atomic E-state index is 5.26. The second-order valence-electron chi connectivity index (χ2n) is 15.2. The molecule has 0 saturated heterocycles. The number of hydrogen-bond acceptors (Lipinski definition) is 3. The average Bonchev–Trinajstić information content (AvgIpc) is 3.85. The SMILES string of the molecule is Cc1cc2c(c(-c3c(-c4ccccc4-c4ccccc4)nnnc3-c3c(-c4ccccc4)cc4[se]c5ccccc5c4c3-c3ccccc3)c1C)Cc1ccccc1-2. The average molecular weight is 807 g/mol. The van der Waals surface area contributed by atoms with E-state index in [-0.39, 0.29) is 14.5 Å². The van der Waals surface area contributed by atoms with Gasteiger partial charge in [0.05, 0.1) is 0 Å². The van der Waals surface area contributed by atoms with E-state index in [0.717, 1.165) is 62.3 Å². The Morgan fingerprint density at radius 1 is 0.431 bits per heavy atom. The van der Waals surface area contributed by atoms with E-state index in [2.05, 4.69) is 190 Å². The number of rotatable bonds is 6. The van der Waals surface area contributed by atoms with Gasteiger partial charge in [-0.25, -0.2) is 0 Å². The fourth-order valence-electron chi connectivity index (χ4n) is 9.22. The van der Waals surface area contributed by atoms with Gasteiger partial charge in [0, 0.05) is 0 Å². The van der Waals surface area contributed by atoms with Crippen LogP contribution in [0.4, 0.5) is 0 Å². The van der Waals surface area contributed by atoms with Gasteiger partial charge in [-0.05, 0) is 0 Å². The van der Waals surface area contributed by atoms with Crippen LogP contribution in [0.2, 0.25) is 0 Å². The van der Waals surface area contributed by atoms with Crippen molar-refractivity contribution in [1.29, 1.82) is 0 Å². The minimum atomic E-state index is 0.143. The number of fused-ring (bicyclic) bond motifs is 6. The van der Waals surface area contributed by atoms with Crippen LogP contribution < -0.4 is 0 Å². The number of benzene rings is 8. The molecule has 274 valence electrons. The Balaban J connectivity index is 1.36. The molecule has 3 nitrogen and oxygen atoms in total. The van der Waals surface area contributed by atoms with Crippen LogP contribution in [-0.2, 0) is 6.42 Å². The van der Waals surface area contributed by atoms with Crippen LogP contribution in [0.3, 0.4) is 0 Å². The molecular weight excluding hydrogens is 770 g/mol. The fraction of sp³-hybridized carbons (Fsp3) is 0.0556. The van der Waals surface area contributed by atoms with Gasteiger partial charge >= 0.3 is 340 Å². The standard InChI is InChI=1S/C54H37N3Se/c1-33-30-44-40-26-13-12-24-38(40)31-45(44)48(34(33)2)52-53(41-27-15-14-25-39(41)35-18-6-3-7-19-35)55-57-56-54(52)51-43(36-20-8-4-9-21-36)32-47-50(42-28-16-17-29-46(42)58-47)49(51)37-22-10-5-11-23-37/h3-30,32H,31H2,1-2H3. The Morgan fingerprint density at radius 3 is 1.76 bits per heavy atom. The van der Waals surface area contributed by atoms with Crippen LogP contribution in [-0.4, -0.2) is 29.9 Å². The molecular formula is C54H37N3Se. The molecule has 2 heterocycles. The summed E-state index contributed by atoms with van der Waals surface area (Å²) in [6.45, 7) is 4.53. The molecule has 11 rings (SSSR count). The minimum absolute atomic E-state index is 0.143. The van der Waals surface area contributed by atoms with Gasteiger partial charge < -0.3 is 0 Å². The molecule has 0 N–H and O–H groups in total. The van der Waals surface area contributed by atoms with Gasteiger partial charge in [-0.1, -0.05) is 6.07 Å². The van der Waals surface area contributed by atoms with Crippen LogP contribution in [0.1, 0.15) is 22.3 Å². The molecule has 1 aliphatic rings. The number of hydrogen-bond donors (Lipinski definition) is 0. The van der Waals surface area contributed by atoms with Gasteiger partial charge in [0.15, 0.2) is 0 Å². The molecule has 0 saturated carbocycles. The summed E-state index contributed by atoms with van der Waals surface area (Å²) in [5, 5.41) is 17.7. The molecule has 0 atom stereocenters. The summed E-state index contributed by atoms with van der Waals surface area (Å²) >= 11 is 0.143. The van der Waals surface area contributed by atoms with Crippen molar-refractivity contribution in [1.82, 2.24) is 15.4 Å². The van der Waals surface area contributed by atoms with Gasteiger partial charge in [-0.3, -0.25) is 0 Å². The molecule has 0 amide bonds. The zero-order valence-corrected chi connectivity index (χ0v) is 33.9. The molecule has 0 radical (unpaired) electrons. The molecule has 1 aliphatic carbocycles. The van der Waals surface area contributed by atoms with Crippen molar-refractivity contribution in [3.8, 4) is 78.1 Å². The Hall–Kier alpha value is -6.71. The Kier molecular flexibility index (Phi) is 8.36. The normalized spacial score (nSPS) is 11.9. The Labute approximate surface area is 344 Å². The zero-order chi connectivity index (χ0) is 38.7. The van der Waals surface area contributed by atoms with Crippen molar-refractivity contribution in [2.45, 2.75) is 20.3 Å². The van der Waals surface area contributed by atoms with Gasteiger partial charge in [0.1, 0.15) is 0 Å². The Morgan fingerprint density at radius 2 is 1.02 bits per heavy atom. The van der Waals surface area contributed by atoms with Gasteiger partial charge in [0.2, 0.25) is 0 Å². The molecule has 4 heteroatoms. The van der Waals surface area contributed by atoms with Gasteiger partial charge in [0.25, 0.3) is 0 Å². The summed E-state index contributed by atoms with van der Waals surface area (Å²) in [7, 11) is 0.